The van der Waals surface area contributed by atoms with E-state index in [4.69, 9.17) is 0 Å². The molecule has 0 saturated carbocycles. The summed E-state index contributed by atoms with van der Waals surface area (Å²) in [5, 5.41) is 12.1. The lowest BCUT2D eigenvalue weighted by atomic mass is 9.90. The van der Waals surface area contributed by atoms with Gasteiger partial charge in [-0.3, -0.25) is 4.79 Å². The van der Waals surface area contributed by atoms with Crippen molar-refractivity contribution in [2.75, 3.05) is 39.3 Å². The Balaban J connectivity index is 2.25. The zero-order valence-corrected chi connectivity index (χ0v) is 14.2. The predicted octanol–water partition coefficient (Wildman–Crippen LogP) is 2.00. The van der Waals surface area contributed by atoms with Gasteiger partial charge >= 0.3 is 12.0 Å². The van der Waals surface area contributed by atoms with Crippen LogP contribution in [-0.4, -0.2) is 66.2 Å². The molecule has 1 fully saturated rings. The number of rotatable bonds is 9. The lowest BCUT2D eigenvalue weighted by Crippen LogP contribution is -2.41. The summed E-state index contributed by atoms with van der Waals surface area (Å²) >= 11 is 0. The Morgan fingerprint density at radius 2 is 1.86 bits per heavy atom. The van der Waals surface area contributed by atoms with Crippen LogP contribution in [0.25, 0.3) is 0 Å². The van der Waals surface area contributed by atoms with Gasteiger partial charge in [-0.25, -0.2) is 4.79 Å². The van der Waals surface area contributed by atoms with Crippen LogP contribution in [0.4, 0.5) is 4.79 Å². The van der Waals surface area contributed by atoms with Crippen molar-refractivity contribution in [3.8, 4) is 0 Å². The molecular weight excluding hydrogens is 282 g/mol. The summed E-state index contributed by atoms with van der Waals surface area (Å²) in [5.74, 6) is -0.822. The number of carbonyl (C=O) groups excluding carboxylic acids is 1. The van der Waals surface area contributed by atoms with E-state index in [-0.39, 0.29) is 6.03 Å². The molecule has 6 nitrogen and oxygen atoms in total. The highest BCUT2D eigenvalue weighted by Gasteiger charge is 2.42. The molecule has 128 valence electrons. The van der Waals surface area contributed by atoms with Crippen LogP contribution in [0.5, 0.6) is 0 Å². The fraction of sp³-hybridized carbons (Fsp3) is 0.875. The molecule has 22 heavy (non-hydrogen) atoms. The summed E-state index contributed by atoms with van der Waals surface area (Å²) in [4.78, 5) is 27.3. The Hall–Kier alpha value is -1.30. The van der Waals surface area contributed by atoms with Gasteiger partial charge in [-0.15, -0.1) is 0 Å². The molecule has 2 amide bonds. The Labute approximate surface area is 133 Å². The largest absolute Gasteiger partial charge is 0.481 e. The topological polar surface area (TPSA) is 72.9 Å². The molecule has 2 N–H and O–H groups in total. The first-order chi connectivity index (χ1) is 10.4. The van der Waals surface area contributed by atoms with Crippen LogP contribution in [0.2, 0.25) is 0 Å². The number of nitrogens with one attached hydrogen (secondary N) is 1. The van der Waals surface area contributed by atoms with Crippen LogP contribution in [0.15, 0.2) is 0 Å². The Morgan fingerprint density at radius 3 is 2.36 bits per heavy atom. The summed E-state index contributed by atoms with van der Waals surface area (Å²) in [7, 11) is 0. The molecule has 0 aromatic rings. The normalized spacial score (nSPS) is 21.4. The molecule has 0 aliphatic carbocycles. The highest BCUT2D eigenvalue weighted by Crippen LogP contribution is 2.29. The van der Waals surface area contributed by atoms with E-state index >= 15 is 0 Å². The maximum atomic E-state index is 12.1. The first-order valence-corrected chi connectivity index (χ1v) is 8.41. The van der Waals surface area contributed by atoms with E-state index in [0.29, 0.717) is 26.1 Å². The zero-order chi connectivity index (χ0) is 16.6. The fourth-order valence-corrected chi connectivity index (χ4v) is 2.89. The number of hydrogen-bond donors (Lipinski definition) is 2. The summed E-state index contributed by atoms with van der Waals surface area (Å²) in [6.45, 7) is 10.7. The molecular formula is C16H31N3O3. The summed E-state index contributed by atoms with van der Waals surface area (Å²) in [6.07, 6.45) is 3.74. The highest BCUT2D eigenvalue weighted by molar-refractivity contribution is 5.79. The second-order valence-corrected chi connectivity index (χ2v) is 6.46. The maximum Gasteiger partial charge on any atom is 0.317 e. The maximum absolute atomic E-state index is 12.1. The average Bonchev–Trinajstić information content (AvgIpc) is 2.88. The van der Waals surface area contributed by atoms with E-state index in [1.54, 1.807) is 11.8 Å². The van der Waals surface area contributed by atoms with E-state index < -0.39 is 11.4 Å². The van der Waals surface area contributed by atoms with E-state index in [9.17, 15) is 14.7 Å². The molecule has 6 heteroatoms. The monoisotopic (exact) mass is 313 g/mol. The predicted molar refractivity (Wildman–Crippen MR) is 87.0 cm³/mol. The van der Waals surface area contributed by atoms with Crippen LogP contribution in [0.3, 0.4) is 0 Å². The van der Waals surface area contributed by atoms with Gasteiger partial charge in [0.1, 0.15) is 0 Å². The highest BCUT2D eigenvalue weighted by atomic mass is 16.4. The number of aliphatic carboxylic acids is 1. The SMILES string of the molecule is CCCN(CCC)CCCNC(=O)N1CCC(C)(C(=O)O)C1. The van der Waals surface area contributed by atoms with E-state index in [2.05, 4.69) is 24.1 Å². The van der Waals surface area contributed by atoms with Crippen LogP contribution in [0.1, 0.15) is 46.5 Å². The summed E-state index contributed by atoms with van der Waals surface area (Å²) in [5.41, 5.74) is -0.795. The van der Waals surface area contributed by atoms with E-state index in [1.165, 1.54) is 0 Å². The number of carboxylic acid groups (broad SMARTS) is 1. The van der Waals surface area contributed by atoms with Crippen molar-refractivity contribution < 1.29 is 14.7 Å². The molecule has 1 aliphatic rings. The van der Waals surface area contributed by atoms with Crippen LogP contribution >= 0.6 is 0 Å². The third-order valence-corrected chi connectivity index (χ3v) is 4.28. The lowest BCUT2D eigenvalue weighted by Gasteiger charge is -2.22. The van der Waals surface area contributed by atoms with Gasteiger partial charge in [0.05, 0.1) is 5.41 Å². The molecule has 0 aromatic carbocycles. The van der Waals surface area contributed by atoms with Gasteiger partial charge in [0.25, 0.3) is 0 Å². The van der Waals surface area contributed by atoms with Crippen molar-refractivity contribution in [1.29, 1.82) is 0 Å². The number of nitrogens with zero attached hydrogens (tertiary/aromatic N) is 2. The van der Waals surface area contributed by atoms with Gasteiger partial charge in [0.15, 0.2) is 0 Å². The van der Waals surface area contributed by atoms with Gasteiger partial charge < -0.3 is 20.2 Å². The number of carboxylic acids is 1. The first-order valence-electron chi connectivity index (χ1n) is 8.41. The smallest absolute Gasteiger partial charge is 0.317 e. The quantitative estimate of drug-likeness (QED) is 0.639. The third-order valence-electron chi connectivity index (χ3n) is 4.28. The molecule has 0 aromatic heterocycles. The van der Waals surface area contributed by atoms with Gasteiger partial charge in [0.2, 0.25) is 0 Å². The molecule has 0 spiro atoms. The van der Waals surface area contributed by atoms with Crippen LogP contribution < -0.4 is 5.32 Å². The second kappa shape index (κ2) is 8.98. The molecule has 1 heterocycles. The van der Waals surface area contributed by atoms with Crippen LogP contribution in [0, 0.1) is 5.41 Å². The standard InChI is InChI=1S/C16H31N3O3/c1-4-9-18(10-5-2)11-6-8-17-15(22)19-12-7-16(3,13-19)14(20)21/h4-13H2,1-3H3,(H,17,22)(H,20,21). The van der Waals surface area contributed by atoms with Gasteiger partial charge in [-0.05, 0) is 52.2 Å². The molecule has 1 saturated heterocycles. The van der Waals surface area contributed by atoms with Crippen molar-refractivity contribution in [2.45, 2.75) is 46.5 Å². The Kier molecular flexibility index (Phi) is 7.65. The number of amides is 2. The van der Waals surface area contributed by atoms with Crippen molar-refractivity contribution in [3.05, 3.63) is 0 Å². The minimum atomic E-state index is -0.822. The fourth-order valence-electron chi connectivity index (χ4n) is 2.89. The molecule has 1 unspecified atom stereocenters. The first kappa shape index (κ1) is 18.7. The summed E-state index contributed by atoms with van der Waals surface area (Å²) < 4.78 is 0. The van der Waals surface area contributed by atoms with E-state index in [1.807, 2.05) is 0 Å². The molecule has 0 bridgehead atoms. The van der Waals surface area contributed by atoms with Gasteiger partial charge in [-0.2, -0.15) is 0 Å². The summed E-state index contributed by atoms with van der Waals surface area (Å²) in [6, 6.07) is -0.137. The Bertz CT molecular complexity index is 370. The van der Waals surface area contributed by atoms with Crippen molar-refractivity contribution in [1.82, 2.24) is 15.1 Å². The number of hydrogen-bond acceptors (Lipinski definition) is 3. The average molecular weight is 313 g/mol. The van der Waals surface area contributed by atoms with Gasteiger partial charge in [-0.1, -0.05) is 13.8 Å². The van der Waals surface area contributed by atoms with Crippen LogP contribution in [-0.2, 0) is 4.79 Å². The number of likely N-dealkylation sites (tertiary alicyclic amines) is 1. The zero-order valence-electron chi connectivity index (χ0n) is 14.2. The van der Waals surface area contributed by atoms with Gasteiger partial charge in [0, 0.05) is 19.6 Å². The van der Waals surface area contributed by atoms with Crippen molar-refractivity contribution in [2.24, 2.45) is 5.41 Å². The molecule has 0 radical (unpaired) electrons. The van der Waals surface area contributed by atoms with E-state index in [0.717, 1.165) is 38.9 Å². The third kappa shape index (κ3) is 5.48. The van der Waals surface area contributed by atoms with Crippen molar-refractivity contribution in [3.63, 3.8) is 0 Å². The number of carbonyl (C=O) groups is 2. The minimum Gasteiger partial charge on any atom is -0.481 e. The number of urea groups is 1. The molecule has 1 atom stereocenters. The lowest BCUT2D eigenvalue weighted by molar-refractivity contribution is -0.146. The molecule has 1 aliphatic heterocycles. The molecule has 1 rings (SSSR count). The second-order valence-electron chi connectivity index (χ2n) is 6.46. The Morgan fingerprint density at radius 1 is 1.23 bits per heavy atom. The minimum absolute atomic E-state index is 0.137. The van der Waals surface area contributed by atoms with Crippen molar-refractivity contribution >= 4 is 12.0 Å².